The van der Waals surface area contributed by atoms with E-state index in [-0.39, 0.29) is 12.4 Å². The van der Waals surface area contributed by atoms with Crippen LogP contribution >= 0.6 is 24.0 Å². The van der Waals surface area contributed by atoms with Crippen LogP contribution in [-0.4, -0.2) is 50.9 Å². The minimum absolute atomic E-state index is 0. The fourth-order valence-corrected chi connectivity index (χ4v) is 5.95. The number of hydrogen-bond acceptors (Lipinski definition) is 4. The summed E-state index contributed by atoms with van der Waals surface area (Å²) >= 11 is 6.02. The van der Waals surface area contributed by atoms with Gasteiger partial charge in [-0.2, -0.15) is 0 Å². The van der Waals surface area contributed by atoms with Gasteiger partial charge in [0, 0.05) is 30.1 Å². The van der Waals surface area contributed by atoms with Gasteiger partial charge in [-0.1, -0.05) is 84.4 Å². The molecule has 0 amide bonds. The third-order valence-electron chi connectivity index (χ3n) is 7.43. The van der Waals surface area contributed by atoms with E-state index in [1.165, 1.54) is 6.26 Å². The lowest BCUT2D eigenvalue weighted by molar-refractivity contribution is -0.0262. The van der Waals surface area contributed by atoms with Crippen LogP contribution in [0.5, 0.6) is 0 Å². The fourth-order valence-electron chi connectivity index (χ4n) is 5.32. The molecule has 3 aromatic carbocycles. The zero-order valence-corrected chi connectivity index (χ0v) is 23.5. The highest BCUT2D eigenvalue weighted by Crippen LogP contribution is 2.38. The van der Waals surface area contributed by atoms with Crippen molar-refractivity contribution in [3.8, 4) is 0 Å². The van der Waals surface area contributed by atoms with Gasteiger partial charge in [0.05, 0.1) is 11.9 Å². The fraction of sp³-hybridized carbons (Fsp3) is 0.379. The Hall–Kier alpha value is -1.93. The van der Waals surface area contributed by atoms with Crippen molar-refractivity contribution in [2.24, 2.45) is 0 Å². The molecule has 0 bridgehead atoms. The molecule has 1 heterocycles. The average molecular weight is 564 g/mol. The summed E-state index contributed by atoms with van der Waals surface area (Å²) in [7, 11) is -3.36. The van der Waals surface area contributed by atoms with Crippen molar-refractivity contribution >= 4 is 34.0 Å². The van der Waals surface area contributed by atoms with Crippen molar-refractivity contribution in [1.82, 2.24) is 9.62 Å². The van der Waals surface area contributed by atoms with Gasteiger partial charge in [0.2, 0.25) is 10.0 Å². The van der Waals surface area contributed by atoms with E-state index < -0.39 is 21.0 Å². The number of aliphatic hydroxyl groups is 1. The summed E-state index contributed by atoms with van der Waals surface area (Å²) < 4.78 is 27.0. The van der Waals surface area contributed by atoms with Crippen molar-refractivity contribution < 1.29 is 13.5 Å². The van der Waals surface area contributed by atoms with Crippen molar-refractivity contribution in [2.45, 2.75) is 36.7 Å². The van der Waals surface area contributed by atoms with Gasteiger partial charge in [-0.3, -0.25) is 0 Å². The Balaban J connectivity index is 0.00000380. The van der Waals surface area contributed by atoms with E-state index in [0.717, 1.165) is 49.2 Å². The summed E-state index contributed by atoms with van der Waals surface area (Å²) in [6, 6.07) is 27.9. The van der Waals surface area contributed by atoms with Crippen LogP contribution in [0.25, 0.3) is 0 Å². The predicted octanol–water partition coefficient (Wildman–Crippen LogP) is 5.36. The van der Waals surface area contributed by atoms with Crippen molar-refractivity contribution in [3.63, 3.8) is 0 Å². The Morgan fingerprint density at radius 3 is 1.92 bits per heavy atom. The number of halogens is 2. The summed E-state index contributed by atoms with van der Waals surface area (Å²) in [6.07, 6.45) is 4.25. The van der Waals surface area contributed by atoms with E-state index >= 15 is 0 Å². The smallest absolute Gasteiger partial charge is 0.208 e. The molecule has 1 saturated heterocycles. The van der Waals surface area contributed by atoms with Gasteiger partial charge in [0.25, 0.3) is 0 Å². The lowest BCUT2D eigenvalue weighted by Crippen LogP contribution is -2.44. The largest absolute Gasteiger partial charge is 0.385 e. The van der Waals surface area contributed by atoms with Gasteiger partial charge in [0.1, 0.15) is 0 Å². The van der Waals surface area contributed by atoms with Gasteiger partial charge in [-0.25, -0.2) is 13.1 Å². The molecule has 5 nitrogen and oxygen atoms in total. The quantitative estimate of drug-likeness (QED) is 0.349. The van der Waals surface area contributed by atoms with E-state index in [1.54, 1.807) is 0 Å². The number of rotatable bonds is 10. The molecule has 4 rings (SSSR count). The molecule has 2 N–H and O–H groups in total. The first-order valence-corrected chi connectivity index (χ1v) is 14.7. The number of sulfonamides is 1. The Morgan fingerprint density at radius 2 is 1.43 bits per heavy atom. The molecule has 0 unspecified atom stereocenters. The Bertz CT molecular complexity index is 1180. The van der Waals surface area contributed by atoms with E-state index in [9.17, 15) is 13.5 Å². The number of piperidine rings is 1. The second-order valence-electron chi connectivity index (χ2n) is 9.89. The maximum atomic E-state index is 12.1. The second-order valence-corrected chi connectivity index (χ2v) is 12.2. The predicted molar refractivity (Wildman–Crippen MR) is 154 cm³/mol. The molecule has 1 fully saturated rings. The molecular weight excluding hydrogens is 527 g/mol. The minimum Gasteiger partial charge on any atom is -0.385 e. The van der Waals surface area contributed by atoms with Crippen LogP contribution in [0.1, 0.15) is 42.4 Å². The normalized spacial score (nSPS) is 16.2. The molecule has 0 spiro atoms. The molecular formula is C29H36Cl2N2O3S. The van der Waals surface area contributed by atoms with E-state index in [0.29, 0.717) is 24.4 Å². The van der Waals surface area contributed by atoms with Gasteiger partial charge >= 0.3 is 0 Å². The van der Waals surface area contributed by atoms with Crippen LogP contribution in [0, 0.1) is 0 Å². The standard InChI is InChI=1S/C29H35ClN2O3S.ClH/c1-36(34,35)31-23-28(24-9-4-2-5-10-24,25-11-6-3-7-12-25)17-8-20-32-21-18-29(33,19-22-32)26-13-15-27(30)16-14-26;/h2-7,9-16,31,33H,8,17-23H2,1H3;1H. The van der Waals surface area contributed by atoms with Crippen LogP contribution in [0.2, 0.25) is 5.02 Å². The maximum Gasteiger partial charge on any atom is 0.208 e. The minimum atomic E-state index is -3.36. The second kappa shape index (κ2) is 12.7. The number of nitrogens with one attached hydrogen (secondary N) is 1. The van der Waals surface area contributed by atoms with Crippen LogP contribution in [-0.2, 0) is 21.0 Å². The Kier molecular flexibility index (Phi) is 10.2. The molecule has 37 heavy (non-hydrogen) atoms. The van der Waals surface area contributed by atoms with E-state index in [2.05, 4.69) is 33.9 Å². The SMILES string of the molecule is CS(=O)(=O)NCC(CCCN1CCC(O)(c2ccc(Cl)cc2)CC1)(c1ccccc1)c1ccccc1.Cl. The molecule has 1 aliphatic heterocycles. The van der Waals surface area contributed by atoms with Crippen molar-refractivity contribution in [3.05, 3.63) is 107 Å². The monoisotopic (exact) mass is 562 g/mol. The molecule has 3 aromatic rings. The van der Waals surface area contributed by atoms with Crippen molar-refractivity contribution in [2.75, 3.05) is 32.4 Å². The number of nitrogens with zero attached hydrogens (tertiary/aromatic N) is 1. The zero-order chi connectivity index (χ0) is 25.7. The van der Waals surface area contributed by atoms with E-state index in [1.807, 2.05) is 60.7 Å². The molecule has 200 valence electrons. The number of benzene rings is 3. The zero-order valence-electron chi connectivity index (χ0n) is 21.1. The first kappa shape index (κ1) is 29.6. The molecule has 0 atom stereocenters. The molecule has 1 aliphatic rings. The summed E-state index contributed by atoms with van der Waals surface area (Å²) in [5.74, 6) is 0. The number of hydrogen-bond donors (Lipinski definition) is 2. The van der Waals surface area contributed by atoms with Crippen LogP contribution in [0.4, 0.5) is 0 Å². The Morgan fingerprint density at radius 1 is 0.919 bits per heavy atom. The van der Waals surface area contributed by atoms with Crippen LogP contribution in [0.15, 0.2) is 84.9 Å². The molecule has 0 aromatic heterocycles. The molecule has 8 heteroatoms. The van der Waals surface area contributed by atoms with Crippen molar-refractivity contribution in [1.29, 1.82) is 0 Å². The van der Waals surface area contributed by atoms with Gasteiger partial charge in [-0.05, 0) is 61.1 Å². The lowest BCUT2D eigenvalue weighted by Gasteiger charge is -2.40. The van der Waals surface area contributed by atoms with Crippen LogP contribution in [0.3, 0.4) is 0 Å². The average Bonchev–Trinajstić information content (AvgIpc) is 2.88. The summed E-state index contributed by atoms with van der Waals surface area (Å²) in [5.41, 5.74) is 1.82. The topological polar surface area (TPSA) is 69.6 Å². The lowest BCUT2D eigenvalue weighted by atomic mass is 9.71. The highest BCUT2D eigenvalue weighted by molar-refractivity contribution is 7.88. The van der Waals surface area contributed by atoms with Gasteiger partial charge < -0.3 is 10.0 Å². The van der Waals surface area contributed by atoms with Gasteiger partial charge in [0.15, 0.2) is 0 Å². The van der Waals surface area contributed by atoms with E-state index in [4.69, 9.17) is 11.6 Å². The molecule has 0 radical (unpaired) electrons. The first-order chi connectivity index (χ1) is 17.2. The first-order valence-electron chi connectivity index (χ1n) is 12.5. The third-order valence-corrected chi connectivity index (χ3v) is 8.35. The summed E-state index contributed by atoms with van der Waals surface area (Å²) in [5, 5.41) is 11.9. The summed E-state index contributed by atoms with van der Waals surface area (Å²) in [6.45, 7) is 2.81. The molecule has 0 saturated carbocycles. The van der Waals surface area contributed by atoms with Crippen LogP contribution < -0.4 is 4.72 Å². The summed E-state index contributed by atoms with van der Waals surface area (Å²) in [4.78, 5) is 2.40. The highest BCUT2D eigenvalue weighted by Gasteiger charge is 2.36. The maximum absolute atomic E-state index is 12.1. The van der Waals surface area contributed by atoms with Gasteiger partial charge in [-0.15, -0.1) is 12.4 Å². The third kappa shape index (κ3) is 7.56. The Labute approximate surface area is 232 Å². The number of likely N-dealkylation sites (tertiary alicyclic amines) is 1. The molecule has 0 aliphatic carbocycles. The highest BCUT2D eigenvalue weighted by atomic mass is 35.5.